The second kappa shape index (κ2) is 18.9. The first-order chi connectivity index (χ1) is 17.1. The number of hydrogen-bond donors (Lipinski definition) is 0. The standard InChI is InChI=1S/C30H54N2O3/c1-5-7-9-11-13-15-22-31(3)29-20-24-33-25-21-30(32(4)23-16-14-12-10-8-6-2)35-28-19-17-18-27(26-28)34-29/h17-19,26,29-30H,5-16,20-25H2,1-4H3. The largest absolute Gasteiger partial charge is 0.475 e. The molecule has 1 aliphatic rings. The average Bonchev–Trinajstić information content (AvgIpc) is 2.85. The van der Waals surface area contributed by atoms with Gasteiger partial charge in [-0.2, -0.15) is 0 Å². The molecule has 0 N–H and O–H groups in total. The second-order valence-electron chi connectivity index (χ2n) is 10.3. The van der Waals surface area contributed by atoms with E-state index in [0.717, 1.165) is 37.4 Å². The van der Waals surface area contributed by atoms with Gasteiger partial charge in [0.2, 0.25) is 0 Å². The van der Waals surface area contributed by atoms with Gasteiger partial charge in [0, 0.05) is 32.0 Å². The molecule has 1 aromatic carbocycles. The summed E-state index contributed by atoms with van der Waals surface area (Å²) < 4.78 is 18.9. The van der Waals surface area contributed by atoms with Crippen molar-refractivity contribution in [1.82, 2.24) is 9.80 Å². The van der Waals surface area contributed by atoms with E-state index in [2.05, 4.69) is 43.8 Å². The van der Waals surface area contributed by atoms with E-state index in [1.165, 1.54) is 77.0 Å². The third-order valence-electron chi connectivity index (χ3n) is 7.08. The van der Waals surface area contributed by atoms with E-state index in [4.69, 9.17) is 14.2 Å². The zero-order valence-corrected chi connectivity index (χ0v) is 23.3. The molecular formula is C30H54N2O3. The van der Waals surface area contributed by atoms with E-state index in [9.17, 15) is 0 Å². The lowest BCUT2D eigenvalue weighted by Crippen LogP contribution is -2.40. The zero-order chi connectivity index (χ0) is 25.1. The molecule has 5 heteroatoms. The molecule has 202 valence electrons. The molecule has 0 aliphatic carbocycles. The molecule has 2 unspecified atom stereocenters. The summed E-state index contributed by atoms with van der Waals surface area (Å²) in [5.74, 6) is 1.75. The summed E-state index contributed by atoms with van der Waals surface area (Å²) in [4.78, 5) is 4.69. The summed E-state index contributed by atoms with van der Waals surface area (Å²) >= 11 is 0. The maximum Gasteiger partial charge on any atom is 0.154 e. The first-order valence-electron chi connectivity index (χ1n) is 14.6. The van der Waals surface area contributed by atoms with E-state index >= 15 is 0 Å². The Kier molecular flexibility index (Phi) is 16.2. The highest BCUT2D eigenvalue weighted by molar-refractivity contribution is 5.33. The smallest absolute Gasteiger partial charge is 0.154 e. The molecule has 5 nitrogen and oxygen atoms in total. The zero-order valence-electron chi connectivity index (χ0n) is 23.3. The molecule has 0 saturated heterocycles. The molecule has 0 radical (unpaired) electrons. The normalized spacial score (nSPS) is 19.1. The van der Waals surface area contributed by atoms with E-state index in [-0.39, 0.29) is 12.5 Å². The van der Waals surface area contributed by atoms with Gasteiger partial charge in [-0.25, -0.2) is 0 Å². The summed E-state index contributed by atoms with van der Waals surface area (Å²) in [7, 11) is 4.35. The predicted octanol–water partition coefficient (Wildman–Crippen LogP) is 7.49. The molecule has 1 aliphatic heterocycles. The number of ether oxygens (including phenoxy) is 3. The van der Waals surface area contributed by atoms with Gasteiger partial charge in [0.1, 0.15) is 11.5 Å². The molecule has 0 spiro atoms. The Bertz CT molecular complexity index is 593. The first kappa shape index (κ1) is 29.9. The summed E-state index contributed by atoms with van der Waals surface area (Å²) in [6, 6.07) is 8.18. The Morgan fingerprint density at radius 2 is 1.09 bits per heavy atom. The van der Waals surface area contributed by atoms with Crippen molar-refractivity contribution in [2.75, 3.05) is 40.4 Å². The van der Waals surface area contributed by atoms with E-state index in [0.29, 0.717) is 13.2 Å². The van der Waals surface area contributed by atoms with Crippen LogP contribution in [0.1, 0.15) is 104 Å². The summed E-state index contributed by atoms with van der Waals surface area (Å²) in [6.07, 6.45) is 17.5. The lowest BCUT2D eigenvalue weighted by Gasteiger charge is -2.31. The lowest BCUT2D eigenvalue weighted by molar-refractivity contribution is -0.0157. The maximum atomic E-state index is 6.44. The van der Waals surface area contributed by atoms with Crippen LogP contribution in [0.4, 0.5) is 0 Å². The number of hydrogen-bond acceptors (Lipinski definition) is 5. The fraction of sp³-hybridized carbons (Fsp3) is 0.800. The van der Waals surface area contributed by atoms with Crippen molar-refractivity contribution in [3.05, 3.63) is 24.3 Å². The lowest BCUT2D eigenvalue weighted by atomic mass is 10.1. The summed E-state index contributed by atoms with van der Waals surface area (Å²) in [5.41, 5.74) is 0. The second-order valence-corrected chi connectivity index (χ2v) is 10.3. The predicted molar refractivity (Wildman–Crippen MR) is 147 cm³/mol. The van der Waals surface area contributed by atoms with Gasteiger partial charge in [0.15, 0.2) is 12.5 Å². The molecule has 0 aromatic heterocycles. The highest BCUT2D eigenvalue weighted by Crippen LogP contribution is 2.25. The fourth-order valence-corrected chi connectivity index (χ4v) is 4.71. The molecule has 0 saturated carbocycles. The quantitative estimate of drug-likeness (QED) is 0.224. The Morgan fingerprint density at radius 3 is 1.54 bits per heavy atom. The van der Waals surface area contributed by atoms with Gasteiger partial charge in [-0.15, -0.1) is 0 Å². The van der Waals surface area contributed by atoms with Gasteiger partial charge in [-0.3, -0.25) is 9.80 Å². The number of unbranched alkanes of at least 4 members (excludes halogenated alkanes) is 10. The molecule has 0 fully saturated rings. The van der Waals surface area contributed by atoms with Crippen LogP contribution >= 0.6 is 0 Å². The van der Waals surface area contributed by atoms with Crippen molar-refractivity contribution in [2.24, 2.45) is 0 Å². The third kappa shape index (κ3) is 13.0. The molecule has 1 aromatic rings. The SMILES string of the molecule is CCCCCCCCN(C)C1CCOCCC(N(C)CCCCCCCC)Oc2cccc(c2)O1. The van der Waals surface area contributed by atoms with Gasteiger partial charge in [0.05, 0.1) is 13.2 Å². The minimum Gasteiger partial charge on any atom is -0.475 e. The first-order valence-corrected chi connectivity index (χ1v) is 14.6. The van der Waals surface area contributed by atoms with Gasteiger partial charge >= 0.3 is 0 Å². The maximum absolute atomic E-state index is 6.44. The number of benzene rings is 1. The Balaban J connectivity index is 1.88. The van der Waals surface area contributed by atoms with Gasteiger partial charge < -0.3 is 14.2 Å². The highest BCUT2D eigenvalue weighted by Gasteiger charge is 2.20. The molecule has 2 bridgehead atoms. The molecule has 0 amide bonds. The molecular weight excluding hydrogens is 436 g/mol. The minimum absolute atomic E-state index is 0.0199. The number of rotatable bonds is 16. The Hall–Kier alpha value is -1.30. The Labute approximate surface area is 216 Å². The monoisotopic (exact) mass is 490 g/mol. The fourth-order valence-electron chi connectivity index (χ4n) is 4.71. The molecule has 35 heavy (non-hydrogen) atoms. The van der Waals surface area contributed by atoms with Gasteiger partial charge in [-0.05, 0) is 39.1 Å². The topological polar surface area (TPSA) is 34.2 Å². The van der Waals surface area contributed by atoms with Crippen molar-refractivity contribution < 1.29 is 14.2 Å². The van der Waals surface area contributed by atoms with Crippen molar-refractivity contribution in [3.8, 4) is 11.5 Å². The van der Waals surface area contributed by atoms with Crippen LogP contribution < -0.4 is 9.47 Å². The van der Waals surface area contributed by atoms with E-state index < -0.39 is 0 Å². The van der Waals surface area contributed by atoms with Crippen LogP contribution in [0.3, 0.4) is 0 Å². The van der Waals surface area contributed by atoms with E-state index in [1.54, 1.807) is 0 Å². The number of fused-ring (bicyclic) bond motifs is 2. The van der Waals surface area contributed by atoms with Crippen molar-refractivity contribution >= 4 is 0 Å². The van der Waals surface area contributed by atoms with Crippen LogP contribution in [0.5, 0.6) is 11.5 Å². The van der Waals surface area contributed by atoms with Crippen LogP contribution in [0.25, 0.3) is 0 Å². The van der Waals surface area contributed by atoms with Crippen LogP contribution in [0, 0.1) is 0 Å². The average molecular weight is 491 g/mol. The Morgan fingerprint density at radius 1 is 0.657 bits per heavy atom. The molecule has 2 rings (SSSR count). The summed E-state index contributed by atoms with van der Waals surface area (Å²) in [5, 5.41) is 0. The number of nitrogens with zero attached hydrogens (tertiary/aromatic N) is 2. The minimum atomic E-state index is 0.0199. The van der Waals surface area contributed by atoms with E-state index in [1.807, 2.05) is 18.2 Å². The highest BCUT2D eigenvalue weighted by atomic mass is 16.5. The van der Waals surface area contributed by atoms with Crippen molar-refractivity contribution in [1.29, 1.82) is 0 Å². The van der Waals surface area contributed by atoms with Crippen LogP contribution in [0.2, 0.25) is 0 Å². The van der Waals surface area contributed by atoms with Crippen molar-refractivity contribution in [3.63, 3.8) is 0 Å². The summed E-state index contributed by atoms with van der Waals surface area (Å²) in [6.45, 7) is 8.06. The van der Waals surface area contributed by atoms with Gasteiger partial charge in [-0.1, -0.05) is 84.1 Å². The molecule has 2 atom stereocenters. The van der Waals surface area contributed by atoms with Crippen LogP contribution in [0.15, 0.2) is 24.3 Å². The van der Waals surface area contributed by atoms with Crippen LogP contribution in [-0.4, -0.2) is 62.7 Å². The third-order valence-corrected chi connectivity index (χ3v) is 7.08. The van der Waals surface area contributed by atoms with Gasteiger partial charge in [0.25, 0.3) is 0 Å². The van der Waals surface area contributed by atoms with Crippen molar-refractivity contribution in [2.45, 2.75) is 116 Å². The molecule has 1 heterocycles. The van der Waals surface area contributed by atoms with Crippen LogP contribution in [-0.2, 0) is 4.74 Å².